The molecule has 0 aliphatic carbocycles. The zero-order valence-electron chi connectivity index (χ0n) is 14.6. The minimum absolute atomic E-state index is 0.0106. The SMILES string of the molecule is COc1ccccc1C1c2ccccc2CCN1C(=O)c1cccnc1. The minimum Gasteiger partial charge on any atom is -0.496 e. The molecule has 1 aromatic heterocycles. The number of benzene rings is 2. The Morgan fingerprint density at radius 3 is 2.58 bits per heavy atom. The van der Waals surface area contributed by atoms with Gasteiger partial charge in [0.05, 0.1) is 18.7 Å². The lowest BCUT2D eigenvalue weighted by atomic mass is 9.87. The Morgan fingerprint density at radius 1 is 1.04 bits per heavy atom. The zero-order chi connectivity index (χ0) is 17.9. The fourth-order valence-electron chi connectivity index (χ4n) is 3.67. The highest BCUT2D eigenvalue weighted by Gasteiger charge is 2.34. The van der Waals surface area contributed by atoms with Crippen molar-refractivity contribution in [1.29, 1.82) is 0 Å². The van der Waals surface area contributed by atoms with Gasteiger partial charge < -0.3 is 9.64 Å². The van der Waals surface area contributed by atoms with Crippen LogP contribution < -0.4 is 4.74 Å². The Hall–Kier alpha value is -3.14. The first-order valence-electron chi connectivity index (χ1n) is 8.71. The Bertz CT molecular complexity index is 924. The number of nitrogens with zero attached hydrogens (tertiary/aromatic N) is 2. The first kappa shape index (κ1) is 16.3. The second kappa shape index (κ2) is 7.00. The number of fused-ring (bicyclic) bond motifs is 1. The Labute approximate surface area is 153 Å². The predicted molar refractivity (Wildman–Crippen MR) is 100 cm³/mol. The van der Waals surface area contributed by atoms with Crippen molar-refractivity contribution < 1.29 is 9.53 Å². The average molecular weight is 344 g/mol. The number of hydrogen-bond donors (Lipinski definition) is 0. The molecule has 4 rings (SSSR count). The van der Waals surface area contributed by atoms with E-state index in [-0.39, 0.29) is 11.9 Å². The molecule has 2 aromatic carbocycles. The van der Waals surface area contributed by atoms with Gasteiger partial charge in [-0.25, -0.2) is 0 Å². The van der Waals surface area contributed by atoms with Crippen LogP contribution in [-0.4, -0.2) is 29.4 Å². The number of hydrogen-bond acceptors (Lipinski definition) is 3. The lowest BCUT2D eigenvalue weighted by molar-refractivity contribution is 0.0692. The van der Waals surface area contributed by atoms with E-state index in [9.17, 15) is 4.79 Å². The zero-order valence-corrected chi connectivity index (χ0v) is 14.6. The van der Waals surface area contributed by atoms with E-state index in [1.165, 1.54) is 5.56 Å². The largest absolute Gasteiger partial charge is 0.496 e. The normalized spacial score (nSPS) is 16.0. The molecule has 0 bridgehead atoms. The van der Waals surface area contributed by atoms with Crippen LogP contribution in [0.5, 0.6) is 5.75 Å². The maximum atomic E-state index is 13.2. The number of aromatic nitrogens is 1. The van der Waals surface area contributed by atoms with Crippen LogP contribution in [0.25, 0.3) is 0 Å². The van der Waals surface area contributed by atoms with Gasteiger partial charge in [0.25, 0.3) is 5.91 Å². The summed E-state index contributed by atoms with van der Waals surface area (Å²) in [5.41, 5.74) is 4.03. The first-order chi connectivity index (χ1) is 12.8. The number of para-hydroxylation sites is 1. The molecule has 26 heavy (non-hydrogen) atoms. The van der Waals surface area contributed by atoms with Crippen molar-refractivity contribution in [2.75, 3.05) is 13.7 Å². The van der Waals surface area contributed by atoms with Crippen LogP contribution in [0, 0.1) is 0 Å². The molecule has 0 saturated heterocycles. The maximum absolute atomic E-state index is 13.2. The second-order valence-corrected chi connectivity index (χ2v) is 6.33. The van der Waals surface area contributed by atoms with Crippen LogP contribution in [0.2, 0.25) is 0 Å². The molecule has 1 aliphatic rings. The van der Waals surface area contributed by atoms with Gasteiger partial charge in [0, 0.05) is 24.5 Å². The van der Waals surface area contributed by atoms with Crippen LogP contribution in [0.1, 0.15) is 33.1 Å². The van der Waals surface area contributed by atoms with Crippen LogP contribution in [0.3, 0.4) is 0 Å². The first-order valence-corrected chi connectivity index (χ1v) is 8.71. The summed E-state index contributed by atoms with van der Waals surface area (Å²) in [4.78, 5) is 19.3. The van der Waals surface area contributed by atoms with Gasteiger partial charge in [-0.15, -0.1) is 0 Å². The third kappa shape index (κ3) is 2.84. The number of amides is 1. The maximum Gasteiger partial charge on any atom is 0.256 e. The topological polar surface area (TPSA) is 42.4 Å². The van der Waals surface area contributed by atoms with E-state index in [0.29, 0.717) is 12.1 Å². The summed E-state index contributed by atoms with van der Waals surface area (Å²) in [5.74, 6) is 0.779. The van der Waals surface area contributed by atoms with Gasteiger partial charge in [-0.3, -0.25) is 9.78 Å². The average Bonchev–Trinajstić information content (AvgIpc) is 2.73. The Balaban J connectivity index is 1.85. The van der Waals surface area contributed by atoms with E-state index in [0.717, 1.165) is 23.3 Å². The van der Waals surface area contributed by atoms with Crippen LogP contribution >= 0.6 is 0 Å². The number of carbonyl (C=O) groups is 1. The summed E-state index contributed by atoms with van der Waals surface area (Å²) < 4.78 is 5.60. The molecule has 2 heterocycles. The smallest absolute Gasteiger partial charge is 0.256 e. The molecule has 1 amide bonds. The van der Waals surface area contributed by atoms with Gasteiger partial charge in [-0.2, -0.15) is 0 Å². The summed E-state index contributed by atoms with van der Waals surface area (Å²) in [6.45, 7) is 0.660. The van der Waals surface area contributed by atoms with E-state index >= 15 is 0 Å². The highest BCUT2D eigenvalue weighted by atomic mass is 16.5. The van der Waals surface area contributed by atoms with Gasteiger partial charge in [-0.1, -0.05) is 42.5 Å². The van der Waals surface area contributed by atoms with E-state index < -0.39 is 0 Å². The number of ether oxygens (including phenoxy) is 1. The summed E-state index contributed by atoms with van der Waals surface area (Å²) in [5, 5.41) is 0. The molecular formula is C22H20N2O2. The molecule has 1 aliphatic heterocycles. The van der Waals surface area contributed by atoms with E-state index in [1.807, 2.05) is 41.3 Å². The molecule has 130 valence electrons. The van der Waals surface area contributed by atoms with E-state index in [4.69, 9.17) is 4.74 Å². The molecule has 0 N–H and O–H groups in total. The van der Waals surface area contributed by atoms with Gasteiger partial charge in [0.1, 0.15) is 5.75 Å². The van der Waals surface area contributed by atoms with Crippen molar-refractivity contribution in [3.05, 3.63) is 95.3 Å². The molecule has 3 aromatic rings. The third-order valence-electron chi connectivity index (χ3n) is 4.89. The standard InChI is InChI=1S/C22H20N2O2/c1-26-20-11-5-4-10-19(20)21-18-9-3-2-7-16(18)12-14-24(21)22(25)17-8-6-13-23-15-17/h2-11,13,15,21H,12,14H2,1H3. The number of rotatable bonds is 3. The molecule has 4 heteroatoms. The number of methoxy groups -OCH3 is 1. The number of carbonyl (C=O) groups excluding carboxylic acids is 1. The van der Waals surface area contributed by atoms with Gasteiger partial charge in [0.15, 0.2) is 0 Å². The van der Waals surface area contributed by atoms with Crippen molar-refractivity contribution in [2.24, 2.45) is 0 Å². The van der Waals surface area contributed by atoms with Crippen molar-refractivity contribution in [1.82, 2.24) is 9.88 Å². The molecule has 0 spiro atoms. The third-order valence-corrected chi connectivity index (χ3v) is 4.89. The van der Waals surface area contributed by atoms with Crippen molar-refractivity contribution in [2.45, 2.75) is 12.5 Å². The highest BCUT2D eigenvalue weighted by Crippen LogP contribution is 2.39. The molecule has 1 atom stereocenters. The van der Waals surface area contributed by atoms with E-state index in [1.54, 1.807) is 25.6 Å². The lowest BCUT2D eigenvalue weighted by Crippen LogP contribution is -2.40. The Morgan fingerprint density at radius 2 is 1.81 bits per heavy atom. The van der Waals surface area contributed by atoms with Gasteiger partial charge >= 0.3 is 0 Å². The molecule has 0 saturated carbocycles. The van der Waals surface area contributed by atoms with E-state index in [2.05, 4.69) is 23.2 Å². The summed E-state index contributed by atoms with van der Waals surface area (Å²) in [7, 11) is 1.67. The van der Waals surface area contributed by atoms with Gasteiger partial charge in [-0.05, 0) is 35.7 Å². The molecule has 0 fully saturated rings. The van der Waals surface area contributed by atoms with Crippen LogP contribution in [0.4, 0.5) is 0 Å². The second-order valence-electron chi connectivity index (χ2n) is 6.33. The van der Waals surface area contributed by atoms with Crippen LogP contribution in [-0.2, 0) is 6.42 Å². The quantitative estimate of drug-likeness (QED) is 0.724. The fraction of sp³-hybridized carbons (Fsp3) is 0.182. The Kier molecular flexibility index (Phi) is 4.40. The van der Waals surface area contributed by atoms with Crippen molar-refractivity contribution in [3.63, 3.8) is 0 Å². The minimum atomic E-state index is -0.177. The lowest BCUT2D eigenvalue weighted by Gasteiger charge is -2.38. The number of pyridine rings is 1. The summed E-state index contributed by atoms with van der Waals surface area (Å²) in [6.07, 6.45) is 4.15. The highest BCUT2D eigenvalue weighted by molar-refractivity contribution is 5.94. The predicted octanol–water partition coefficient (Wildman–Crippen LogP) is 3.88. The molecule has 1 unspecified atom stereocenters. The molecular weight excluding hydrogens is 324 g/mol. The summed E-state index contributed by atoms with van der Waals surface area (Å²) in [6, 6.07) is 19.7. The summed E-state index contributed by atoms with van der Waals surface area (Å²) >= 11 is 0. The molecule has 4 nitrogen and oxygen atoms in total. The monoisotopic (exact) mass is 344 g/mol. The van der Waals surface area contributed by atoms with Crippen molar-refractivity contribution in [3.8, 4) is 5.75 Å². The molecule has 0 radical (unpaired) electrons. The van der Waals surface area contributed by atoms with Gasteiger partial charge in [0.2, 0.25) is 0 Å². The van der Waals surface area contributed by atoms with Crippen molar-refractivity contribution >= 4 is 5.91 Å². The fourth-order valence-corrected chi connectivity index (χ4v) is 3.67. The van der Waals surface area contributed by atoms with Crippen LogP contribution in [0.15, 0.2) is 73.1 Å².